The van der Waals surface area contributed by atoms with E-state index in [0.29, 0.717) is 6.07 Å². The molecule has 0 spiro atoms. The van der Waals surface area contributed by atoms with Gasteiger partial charge < -0.3 is 0 Å². The van der Waals surface area contributed by atoms with E-state index in [4.69, 9.17) is 0 Å². The van der Waals surface area contributed by atoms with Crippen LogP contribution in [-0.4, -0.2) is 17.8 Å². The summed E-state index contributed by atoms with van der Waals surface area (Å²) in [5.74, 6) is -2.83. The second kappa shape index (κ2) is 7.84. The minimum absolute atomic E-state index is 0.116. The summed E-state index contributed by atoms with van der Waals surface area (Å²) in [6, 6.07) is 6.36. The molecule has 0 aliphatic carbocycles. The summed E-state index contributed by atoms with van der Waals surface area (Å²) in [6.07, 6.45) is -4.64. The van der Waals surface area contributed by atoms with E-state index in [1.165, 1.54) is 24.7 Å². The molecule has 3 aromatic rings. The molecule has 2 aromatic carbocycles. The molecule has 1 heterocycles. The molecule has 0 unspecified atom stereocenters. The first kappa shape index (κ1) is 22.5. The summed E-state index contributed by atoms with van der Waals surface area (Å²) < 4.78 is 95.0. The average Bonchev–Trinajstić information content (AvgIpc) is 2.86. The second-order valence-corrected chi connectivity index (χ2v) is 8.47. The normalized spacial score (nSPS) is 12.2. The Labute approximate surface area is 173 Å². The number of benzene rings is 2. The molecule has 1 N–H and O–H groups in total. The van der Waals surface area contributed by atoms with Gasteiger partial charge in [0.05, 0.1) is 22.7 Å². The van der Waals surface area contributed by atoms with Crippen molar-refractivity contribution in [3.05, 3.63) is 81.3 Å². The van der Waals surface area contributed by atoms with Gasteiger partial charge >= 0.3 is 6.18 Å². The SMILES string of the molecule is Cc1c(NS(=O)(=O)Cc2ccc(F)cc2F)c(=O)n(-c2cccc(C(F)(F)F)c2)n1C. The summed E-state index contributed by atoms with van der Waals surface area (Å²) in [7, 11) is -2.93. The quantitative estimate of drug-likeness (QED) is 0.589. The molecular formula is C19H16F5N3O3S. The van der Waals surface area contributed by atoms with E-state index in [2.05, 4.69) is 4.72 Å². The highest BCUT2D eigenvalue weighted by atomic mass is 32.2. The third-order valence-corrected chi connectivity index (χ3v) is 5.80. The Hall–Kier alpha value is -3.15. The fourth-order valence-electron chi connectivity index (χ4n) is 2.97. The second-order valence-electron chi connectivity index (χ2n) is 6.75. The maximum atomic E-state index is 13.8. The number of alkyl halides is 3. The number of anilines is 1. The molecule has 0 radical (unpaired) electrons. The molecule has 0 bridgehead atoms. The van der Waals surface area contributed by atoms with Gasteiger partial charge in [0.25, 0.3) is 5.56 Å². The molecule has 1 aromatic heterocycles. The molecule has 0 aliphatic rings. The first-order valence-corrected chi connectivity index (χ1v) is 10.4. The summed E-state index contributed by atoms with van der Waals surface area (Å²) in [6.45, 7) is 1.39. The maximum absolute atomic E-state index is 13.8. The zero-order chi connectivity index (χ0) is 23.1. The third kappa shape index (κ3) is 4.63. The number of aromatic nitrogens is 2. The van der Waals surface area contributed by atoms with Gasteiger partial charge in [-0.3, -0.25) is 14.2 Å². The van der Waals surface area contributed by atoms with Gasteiger partial charge in [-0.2, -0.15) is 13.2 Å². The lowest BCUT2D eigenvalue weighted by molar-refractivity contribution is -0.137. The third-order valence-electron chi connectivity index (χ3n) is 4.59. The standard InChI is InChI=1S/C19H16F5N3O3S/c1-11-17(25-31(29,30)10-12-6-7-14(20)9-16(12)21)18(28)27(26(11)2)15-5-3-4-13(8-15)19(22,23)24/h3-9,25H,10H2,1-2H3. The highest BCUT2D eigenvalue weighted by Gasteiger charge is 2.31. The zero-order valence-electron chi connectivity index (χ0n) is 16.2. The Morgan fingerprint density at radius 3 is 2.35 bits per heavy atom. The van der Waals surface area contributed by atoms with E-state index in [1.807, 2.05) is 0 Å². The molecule has 6 nitrogen and oxygen atoms in total. The number of rotatable bonds is 5. The maximum Gasteiger partial charge on any atom is 0.416 e. The molecule has 0 amide bonds. The zero-order valence-corrected chi connectivity index (χ0v) is 17.0. The summed E-state index contributed by atoms with van der Waals surface area (Å²) in [5.41, 5.74) is -2.62. The first-order valence-electron chi connectivity index (χ1n) is 8.71. The Kier molecular flexibility index (Phi) is 5.70. The highest BCUT2D eigenvalue weighted by Crippen LogP contribution is 2.30. The van der Waals surface area contributed by atoms with Crippen LogP contribution in [0, 0.1) is 18.6 Å². The van der Waals surface area contributed by atoms with E-state index in [9.17, 15) is 35.2 Å². The lowest BCUT2D eigenvalue weighted by Gasteiger charge is -2.11. The minimum atomic E-state index is -4.64. The Morgan fingerprint density at radius 1 is 1.06 bits per heavy atom. The van der Waals surface area contributed by atoms with Crippen LogP contribution in [0.15, 0.2) is 47.3 Å². The lowest BCUT2D eigenvalue weighted by Crippen LogP contribution is -2.24. The van der Waals surface area contributed by atoms with Gasteiger partial charge in [0.1, 0.15) is 17.3 Å². The van der Waals surface area contributed by atoms with Gasteiger partial charge in [-0.15, -0.1) is 0 Å². The van der Waals surface area contributed by atoms with Gasteiger partial charge in [-0.1, -0.05) is 12.1 Å². The smallest absolute Gasteiger partial charge is 0.283 e. The summed E-state index contributed by atoms with van der Waals surface area (Å²) in [4.78, 5) is 12.8. The van der Waals surface area contributed by atoms with Crippen LogP contribution in [0.1, 0.15) is 16.8 Å². The molecule has 31 heavy (non-hydrogen) atoms. The van der Waals surface area contributed by atoms with Gasteiger partial charge in [-0.05, 0) is 31.2 Å². The Bertz CT molecular complexity index is 1310. The molecule has 0 saturated heterocycles. The van der Waals surface area contributed by atoms with E-state index in [-0.39, 0.29) is 16.9 Å². The van der Waals surface area contributed by atoms with Crippen molar-refractivity contribution in [2.45, 2.75) is 18.9 Å². The van der Waals surface area contributed by atoms with Crippen LogP contribution >= 0.6 is 0 Å². The predicted octanol–water partition coefficient (Wildman–Crippen LogP) is 3.72. The highest BCUT2D eigenvalue weighted by molar-refractivity contribution is 7.91. The van der Waals surface area contributed by atoms with Gasteiger partial charge in [-0.25, -0.2) is 21.9 Å². The monoisotopic (exact) mass is 461 g/mol. The van der Waals surface area contributed by atoms with Crippen LogP contribution in [-0.2, 0) is 29.0 Å². The molecular weight excluding hydrogens is 445 g/mol. The van der Waals surface area contributed by atoms with Crippen LogP contribution in [0.4, 0.5) is 27.6 Å². The summed E-state index contributed by atoms with van der Waals surface area (Å²) >= 11 is 0. The molecule has 0 fully saturated rings. The van der Waals surface area contributed by atoms with Gasteiger partial charge in [0.15, 0.2) is 0 Å². The van der Waals surface area contributed by atoms with Crippen LogP contribution in [0.2, 0.25) is 0 Å². The number of halogens is 5. The van der Waals surface area contributed by atoms with Gasteiger partial charge in [0, 0.05) is 18.7 Å². The van der Waals surface area contributed by atoms with Crippen LogP contribution in [0.3, 0.4) is 0 Å². The van der Waals surface area contributed by atoms with Crippen molar-refractivity contribution in [2.24, 2.45) is 7.05 Å². The summed E-state index contributed by atoms with van der Waals surface area (Å²) in [5, 5.41) is 0. The molecule has 3 rings (SSSR count). The number of sulfonamides is 1. The van der Waals surface area contributed by atoms with Crippen molar-refractivity contribution in [2.75, 3.05) is 4.72 Å². The van der Waals surface area contributed by atoms with E-state index in [0.717, 1.165) is 35.0 Å². The number of hydrogen-bond acceptors (Lipinski definition) is 3. The van der Waals surface area contributed by atoms with E-state index < -0.39 is 50.4 Å². The molecule has 0 saturated carbocycles. The predicted molar refractivity (Wildman–Crippen MR) is 103 cm³/mol. The average molecular weight is 461 g/mol. The topological polar surface area (TPSA) is 73.1 Å². The Balaban J connectivity index is 2.00. The molecule has 0 atom stereocenters. The Morgan fingerprint density at radius 2 is 1.74 bits per heavy atom. The lowest BCUT2D eigenvalue weighted by atomic mass is 10.2. The van der Waals surface area contributed by atoms with Crippen molar-refractivity contribution in [1.82, 2.24) is 9.36 Å². The molecule has 0 aliphatic heterocycles. The van der Waals surface area contributed by atoms with Crippen LogP contribution < -0.4 is 10.3 Å². The minimum Gasteiger partial charge on any atom is -0.283 e. The first-order chi connectivity index (χ1) is 14.3. The van der Waals surface area contributed by atoms with Crippen LogP contribution in [0.5, 0.6) is 0 Å². The van der Waals surface area contributed by atoms with Crippen LogP contribution in [0.25, 0.3) is 5.69 Å². The van der Waals surface area contributed by atoms with E-state index >= 15 is 0 Å². The largest absolute Gasteiger partial charge is 0.416 e. The molecule has 12 heteroatoms. The number of nitrogens with zero attached hydrogens (tertiary/aromatic N) is 2. The van der Waals surface area contributed by atoms with Crippen molar-refractivity contribution < 1.29 is 30.4 Å². The van der Waals surface area contributed by atoms with Gasteiger partial charge in [0.2, 0.25) is 10.0 Å². The van der Waals surface area contributed by atoms with E-state index in [1.54, 1.807) is 0 Å². The van der Waals surface area contributed by atoms with Crippen molar-refractivity contribution in [1.29, 1.82) is 0 Å². The number of nitrogens with one attached hydrogen (secondary N) is 1. The van der Waals surface area contributed by atoms with Crippen molar-refractivity contribution >= 4 is 15.7 Å². The molecule has 166 valence electrons. The number of hydrogen-bond donors (Lipinski definition) is 1. The fourth-order valence-corrected chi connectivity index (χ4v) is 4.23. The van der Waals surface area contributed by atoms with Crippen molar-refractivity contribution in [3.63, 3.8) is 0 Å². The van der Waals surface area contributed by atoms with Crippen molar-refractivity contribution in [3.8, 4) is 5.69 Å². The fraction of sp³-hybridized carbons (Fsp3) is 0.211.